The van der Waals surface area contributed by atoms with Crippen LogP contribution in [0, 0.1) is 0 Å². The molecule has 0 aromatic heterocycles. The summed E-state index contributed by atoms with van der Waals surface area (Å²) in [5.41, 5.74) is 0. The summed E-state index contributed by atoms with van der Waals surface area (Å²) in [5, 5.41) is 0. The molecular formula is H8CaCl3KNa2. The molecule has 0 atom stereocenters. The van der Waals surface area contributed by atoms with Crippen molar-refractivity contribution in [1.82, 2.24) is 0 Å². The van der Waals surface area contributed by atoms with Crippen LogP contribution in [0.15, 0.2) is 0 Å². The average Bonchev–Trinajstić information content (AvgIpc) is 0. The minimum atomic E-state index is 0. The van der Waals surface area contributed by atoms with E-state index in [-0.39, 0.29) is 193 Å². The summed E-state index contributed by atoms with van der Waals surface area (Å²) in [6.45, 7) is 0. The molecule has 7 heavy (non-hydrogen) atoms. The molecule has 0 aromatic carbocycles. The Morgan fingerprint density at radius 2 is 0.714 bits per heavy atom. The van der Waals surface area contributed by atoms with E-state index < -0.39 is 0 Å². The molecule has 0 saturated heterocycles. The summed E-state index contributed by atoms with van der Waals surface area (Å²) in [6, 6.07) is 0. The minimum absolute atomic E-state index is 0. The summed E-state index contributed by atoms with van der Waals surface area (Å²) in [4.78, 5) is 0. The maximum Gasteiger partial charge on any atom is 2.00 e. The van der Waals surface area contributed by atoms with E-state index in [9.17, 15) is 0 Å². The van der Waals surface area contributed by atoms with E-state index in [0.717, 1.165) is 0 Å². The molecule has 0 unspecified atom stereocenters. The second-order valence-corrected chi connectivity index (χ2v) is 0. The van der Waals surface area contributed by atoms with Gasteiger partial charge in [-0.05, 0) is 0 Å². The summed E-state index contributed by atoms with van der Waals surface area (Å²) >= 11 is 0. The van der Waals surface area contributed by atoms with Gasteiger partial charge in [0.2, 0.25) is 0 Å². The monoisotopic (exact) mass is 238 g/mol. The second-order valence-electron chi connectivity index (χ2n) is 0. The molecule has 0 spiro atoms. The van der Waals surface area contributed by atoms with Gasteiger partial charge in [-0.2, -0.15) is 0 Å². The van der Waals surface area contributed by atoms with Gasteiger partial charge in [-0.1, -0.05) is 0 Å². The summed E-state index contributed by atoms with van der Waals surface area (Å²) in [7, 11) is 0. The predicted molar refractivity (Wildman–Crippen MR) is 33.1 cm³/mol. The maximum atomic E-state index is 0. The number of hydrogen-bond acceptors (Lipinski definition) is 0. The van der Waals surface area contributed by atoms with Gasteiger partial charge in [-0.15, -0.1) is 37.2 Å². The molecule has 0 bridgehead atoms. The van der Waals surface area contributed by atoms with Crippen LogP contribution in [0.5, 0.6) is 0 Å². The predicted octanol–water partition coefficient (Wildman–Crippen LogP) is -7.54. The molecule has 0 rings (SSSR count). The van der Waals surface area contributed by atoms with Crippen molar-refractivity contribution in [3.8, 4) is 0 Å². The van der Waals surface area contributed by atoms with Gasteiger partial charge in [0.05, 0.1) is 0 Å². The molecule has 0 amide bonds. The van der Waals surface area contributed by atoms with Crippen molar-refractivity contribution in [2.75, 3.05) is 0 Å². The van der Waals surface area contributed by atoms with Crippen LogP contribution in [-0.4, -0.2) is 37.7 Å². The van der Waals surface area contributed by atoms with Crippen molar-refractivity contribution >= 4 is 75.0 Å². The first-order valence-corrected chi connectivity index (χ1v) is 0. The molecule has 0 nitrogen and oxygen atoms in total. The Morgan fingerprint density at radius 1 is 0.714 bits per heavy atom. The Hall–Kier alpha value is 5.77. The van der Waals surface area contributed by atoms with Gasteiger partial charge < -0.3 is 7.13 Å². The van der Waals surface area contributed by atoms with Crippen molar-refractivity contribution in [3.05, 3.63) is 0 Å². The molecule has 0 aliphatic carbocycles. The zero-order valence-corrected chi connectivity index (χ0v) is 16.7. The first kappa shape index (κ1) is 53.2. The van der Waals surface area contributed by atoms with Crippen LogP contribution in [0.3, 0.4) is 0 Å². The molecule has 7 heteroatoms. The normalized spacial score (nSPS) is 0. The minimum Gasteiger partial charge on any atom is -1.00 e. The maximum absolute atomic E-state index is 0. The Bertz CT molecular complexity index is 24.7. The molecule has 0 N–H and O–H groups in total. The van der Waals surface area contributed by atoms with Crippen molar-refractivity contribution < 1.29 is 118 Å². The van der Waals surface area contributed by atoms with Gasteiger partial charge in [0.1, 0.15) is 0 Å². The van der Waals surface area contributed by atoms with Gasteiger partial charge in [-0.25, -0.2) is 0 Å². The van der Waals surface area contributed by atoms with Crippen molar-refractivity contribution in [2.24, 2.45) is 0 Å². The molecule has 0 aromatic rings. The van der Waals surface area contributed by atoms with E-state index in [1.807, 2.05) is 0 Å². The van der Waals surface area contributed by atoms with E-state index in [1.54, 1.807) is 0 Å². The van der Waals surface area contributed by atoms with Crippen molar-refractivity contribution in [1.29, 1.82) is 0 Å². The quantitative estimate of drug-likeness (QED) is 0.369. The zero-order valence-electron chi connectivity index (χ0n) is 9.93. The Morgan fingerprint density at radius 3 is 0.714 bits per heavy atom. The fourth-order valence-corrected chi connectivity index (χ4v) is 0. The fourth-order valence-electron chi connectivity index (χ4n) is 0. The van der Waals surface area contributed by atoms with Gasteiger partial charge >= 0.3 is 148 Å². The molecule has 0 radical (unpaired) electrons. The van der Waals surface area contributed by atoms with Crippen LogP contribution < -0.4 is 110 Å². The number of rotatable bonds is 0. The molecule has 34 valence electrons. The van der Waals surface area contributed by atoms with Crippen molar-refractivity contribution in [2.45, 2.75) is 0 Å². The zero-order chi connectivity index (χ0) is 0. The van der Waals surface area contributed by atoms with E-state index >= 15 is 0 Å². The second kappa shape index (κ2) is 41.0. The number of hydrogen-bond donors (Lipinski definition) is 0. The molecule has 0 aliphatic heterocycles. The molecule has 0 saturated carbocycles. The first-order valence-electron chi connectivity index (χ1n) is 0. The number of halogens is 3. The van der Waals surface area contributed by atoms with Crippen molar-refractivity contribution in [3.63, 3.8) is 0 Å². The van der Waals surface area contributed by atoms with E-state index in [4.69, 9.17) is 0 Å². The first-order chi connectivity index (χ1) is 0. The fraction of sp³-hybridized carbons (Fsp3) is 0. The van der Waals surface area contributed by atoms with E-state index in [1.165, 1.54) is 0 Å². The van der Waals surface area contributed by atoms with E-state index in [2.05, 4.69) is 0 Å². The molecule has 0 heterocycles. The van der Waals surface area contributed by atoms with Crippen LogP contribution in [0.4, 0.5) is 0 Å². The average molecular weight is 240 g/mol. The molecule has 0 aliphatic rings. The van der Waals surface area contributed by atoms with Gasteiger partial charge in [0.25, 0.3) is 0 Å². The Balaban J connectivity index is 0. The third kappa shape index (κ3) is 33.8. The third-order valence-electron chi connectivity index (χ3n) is 0. The smallest absolute Gasteiger partial charge is 1.00 e. The van der Waals surface area contributed by atoms with Crippen LogP contribution >= 0.6 is 37.2 Å². The van der Waals surface area contributed by atoms with Crippen LogP contribution in [-0.2, 0) is 0 Å². The summed E-state index contributed by atoms with van der Waals surface area (Å²) in [6.07, 6.45) is 0. The molecule has 0 fully saturated rings. The molecular weight excluding hydrogens is 232 g/mol. The van der Waals surface area contributed by atoms with Gasteiger partial charge in [-0.3, -0.25) is 0 Å². The van der Waals surface area contributed by atoms with Gasteiger partial charge in [0, 0.05) is 0 Å². The van der Waals surface area contributed by atoms with Crippen LogP contribution in [0.1, 0.15) is 7.13 Å². The van der Waals surface area contributed by atoms with E-state index in [0.29, 0.717) is 0 Å². The Labute approximate surface area is 187 Å². The SMILES string of the molecule is Cl.Cl.Cl.[Ca+2].[H-].[H-].[H-].[H-].[H-].[K+].[Na+].[Na+]. The summed E-state index contributed by atoms with van der Waals surface area (Å²) in [5.74, 6) is 0. The third-order valence-corrected chi connectivity index (χ3v) is 0. The Kier molecular flexibility index (Phi) is 311. The summed E-state index contributed by atoms with van der Waals surface area (Å²) < 4.78 is 0. The standard InChI is InChI=1S/Ca.3ClH.K.2Na.5H/h;3*1H;;;;;;;;/q+2;;;;3*+1;5*-1. The topological polar surface area (TPSA) is 0 Å². The van der Waals surface area contributed by atoms with Gasteiger partial charge in [0.15, 0.2) is 0 Å². The van der Waals surface area contributed by atoms with Crippen LogP contribution in [0.25, 0.3) is 0 Å². The largest absolute Gasteiger partial charge is 2.00 e. The van der Waals surface area contributed by atoms with Crippen LogP contribution in [0.2, 0.25) is 0 Å².